The summed E-state index contributed by atoms with van der Waals surface area (Å²) in [7, 11) is 0. The summed E-state index contributed by atoms with van der Waals surface area (Å²) in [5, 5.41) is 1.04. The molecule has 0 amide bonds. The van der Waals surface area contributed by atoms with E-state index in [4.69, 9.17) is 4.42 Å². The fraction of sp³-hybridized carbons (Fsp3) is 0. The van der Waals surface area contributed by atoms with Crippen molar-refractivity contribution in [3.63, 3.8) is 0 Å². The summed E-state index contributed by atoms with van der Waals surface area (Å²) in [5.41, 5.74) is 14.8. The lowest BCUT2D eigenvalue weighted by atomic mass is 9.80. The summed E-state index contributed by atoms with van der Waals surface area (Å²) in [4.78, 5) is 4.58. The van der Waals surface area contributed by atoms with Gasteiger partial charge in [-0.15, -0.1) is 0 Å². The summed E-state index contributed by atoms with van der Waals surface area (Å²) in [6.07, 6.45) is 1.82. The molecule has 1 aliphatic rings. The highest BCUT2D eigenvalue weighted by Crippen LogP contribution is 2.48. The average molecular weight is 472 g/mol. The Morgan fingerprint density at radius 3 is 1.59 bits per heavy atom. The first-order chi connectivity index (χ1) is 18.4. The molecule has 0 atom stereocenters. The molecule has 0 saturated carbocycles. The minimum atomic E-state index is 0.812. The molecule has 0 fully saturated rings. The number of aromatic nitrogens is 1. The van der Waals surface area contributed by atoms with Crippen LogP contribution in [0.1, 0.15) is 0 Å². The molecular weight excluding hydrogens is 450 g/mol. The van der Waals surface area contributed by atoms with Gasteiger partial charge in [0, 0.05) is 17.1 Å². The normalized spacial score (nSPS) is 11.8. The van der Waals surface area contributed by atoms with Crippen molar-refractivity contribution in [3.8, 4) is 55.6 Å². The van der Waals surface area contributed by atoms with Crippen molar-refractivity contribution in [2.45, 2.75) is 0 Å². The summed E-state index contributed by atoms with van der Waals surface area (Å²) in [6, 6.07) is 43.3. The van der Waals surface area contributed by atoms with Crippen LogP contribution in [0.5, 0.6) is 0 Å². The second-order valence-electron chi connectivity index (χ2n) is 9.53. The molecule has 0 spiro atoms. The van der Waals surface area contributed by atoms with Gasteiger partial charge in [0.05, 0.1) is 0 Å². The van der Waals surface area contributed by atoms with Gasteiger partial charge in [-0.3, -0.25) is 4.98 Å². The van der Waals surface area contributed by atoms with Crippen molar-refractivity contribution in [2.75, 3.05) is 0 Å². The minimum Gasteiger partial charge on any atom is -0.454 e. The zero-order chi connectivity index (χ0) is 24.3. The Balaban J connectivity index is 1.45. The van der Waals surface area contributed by atoms with Crippen LogP contribution in [0.15, 0.2) is 132 Å². The Morgan fingerprint density at radius 2 is 0.973 bits per heavy atom. The smallest absolute Gasteiger partial charge is 0.153 e. The molecule has 0 radical (unpaired) electrons. The van der Waals surface area contributed by atoms with Gasteiger partial charge in [0.1, 0.15) is 11.1 Å². The van der Waals surface area contributed by atoms with E-state index < -0.39 is 0 Å². The van der Waals surface area contributed by atoms with E-state index in [1.165, 1.54) is 44.5 Å². The number of benzene rings is 5. The van der Waals surface area contributed by atoms with Gasteiger partial charge >= 0.3 is 0 Å². The van der Waals surface area contributed by atoms with Crippen LogP contribution in [0.2, 0.25) is 0 Å². The Hall–Kier alpha value is -4.95. The molecule has 1 aliphatic carbocycles. The third kappa shape index (κ3) is 2.96. The molecule has 7 aromatic rings. The molecule has 37 heavy (non-hydrogen) atoms. The van der Waals surface area contributed by atoms with Crippen molar-refractivity contribution >= 4 is 22.1 Å². The van der Waals surface area contributed by atoms with Gasteiger partial charge in [0.2, 0.25) is 0 Å². The van der Waals surface area contributed by atoms with E-state index in [1.807, 2.05) is 18.3 Å². The second kappa shape index (κ2) is 7.78. The Labute approximate surface area is 214 Å². The summed E-state index contributed by atoms with van der Waals surface area (Å²) in [5.74, 6) is 0. The number of fused-ring (bicyclic) bond motifs is 11. The Morgan fingerprint density at radius 1 is 0.432 bits per heavy atom. The molecule has 0 unspecified atom stereocenters. The van der Waals surface area contributed by atoms with Crippen molar-refractivity contribution < 1.29 is 4.42 Å². The highest BCUT2D eigenvalue weighted by molar-refractivity contribution is 6.09. The van der Waals surface area contributed by atoms with E-state index in [2.05, 4.69) is 114 Å². The van der Waals surface area contributed by atoms with Crippen LogP contribution in [0.3, 0.4) is 0 Å². The quantitative estimate of drug-likeness (QED) is 0.238. The van der Waals surface area contributed by atoms with E-state index in [0.717, 1.165) is 33.2 Å². The summed E-state index contributed by atoms with van der Waals surface area (Å²) in [6.45, 7) is 0. The van der Waals surface area contributed by atoms with Crippen molar-refractivity contribution in [1.29, 1.82) is 0 Å². The molecule has 0 aliphatic heterocycles. The van der Waals surface area contributed by atoms with E-state index in [-0.39, 0.29) is 0 Å². The molecule has 2 heterocycles. The monoisotopic (exact) mass is 471 g/mol. The SMILES string of the molecule is c1ccc2c(c1)-c1ccccc1-c1ccc(-c3cccc4c3oc3cccnc34)cc1-c1ccccc1-2. The number of pyridine rings is 1. The van der Waals surface area contributed by atoms with Crippen LogP contribution >= 0.6 is 0 Å². The summed E-state index contributed by atoms with van der Waals surface area (Å²) < 4.78 is 6.34. The average Bonchev–Trinajstić information content (AvgIpc) is 3.35. The minimum absolute atomic E-state index is 0.812. The Kier molecular flexibility index (Phi) is 4.26. The van der Waals surface area contributed by atoms with Crippen LogP contribution in [0, 0.1) is 0 Å². The van der Waals surface area contributed by atoms with Gasteiger partial charge in [-0.2, -0.15) is 0 Å². The fourth-order valence-corrected chi connectivity index (χ4v) is 5.87. The molecule has 0 saturated heterocycles. The highest BCUT2D eigenvalue weighted by atomic mass is 16.3. The van der Waals surface area contributed by atoms with Gasteiger partial charge < -0.3 is 4.42 Å². The molecule has 2 heteroatoms. The van der Waals surface area contributed by atoms with Gasteiger partial charge in [-0.05, 0) is 74.3 Å². The first kappa shape index (κ1) is 20.3. The maximum absolute atomic E-state index is 6.34. The number of rotatable bonds is 1. The molecule has 172 valence electrons. The van der Waals surface area contributed by atoms with Crippen LogP contribution in [0.25, 0.3) is 77.7 Å². The lowest BCUT2D eigenvalue weighted by Crippen LogP contribution is -1.97. The fourth-order valence-electron chi connectivity index (χ4n) is 5.87. The van der Waals surface area contributed by atoms with E-state index in [1.54, 1.807) is 0 Å². The van der Waals surface area contributed by atoms with Gasteiger partial charge in [0.15, 0.2) is 5.58 Å². The van der Waals surface area contributed by atoms with Crippen molar-refractivity contribution in [1.82, 2.24) is 4.98 Å². The first-order valence-corrected chi connectivity index (χ1v) is 12.6. The molecule has 0 N–H and O–H groups in total. The molecule has 5 aromatic carbocycles. The van der Waals surface area contributed by atoms with E-state index >= 15 is 0 Å². The van der Waals surface area contributed by atoms with E-state index in [9.17, 15) is 0 Å². The van der Waals surface area contributed by atoms with Crippen molar-refractivity contribution in [2.24, 2.45) is 0 Å². The largest absolute Gasteiger partial charge is 0.454 e. The lowest BCUT2D eigenvalue weighted by molar-refractivity contribution is 0.669. The number of furan rings is 1. The predicted octanol–water partition coefficient (Wildman–Crippen LogP) is 9.63. The third-order valence-electron chi connectivity index (χ3n) is 7.53. The lowest BCUT2D eigenvalue weighted by Gasteiger charge is -2.23. The third-order valence-corrected chi connectivity index (χ3v) is 7.53. The molecular formula is C35H21NO. The topological polar surface area (TPSA) is 26.0 Å². The van der Waals surface area contributed by atoms with Crippen LogP contribution in [0.4, 0.5) is 0 Å². The molecule has 8 rings (SSSR count). The van der Waals surface area contributed by atoms with Crippen LogP contribution < -0.4 is 0 Å². The van der Waals surface area contributed by atoms with Gasteiger partial charge in [-0.1, -0.05) is 97.1 Å². The number of hydrogen-bond acceptors (Lipinski definition) is 2. The van der Waals surface area contributed by atoms with Crippen LogP contribution in [-0.2, 0) is 0 Å². The van der Waals surface area contributed by atoms with Gasteiger partial charge in [-0.25, -0.2) is 0 Å². The van der Waals surface area contributed by atoms with Crippen molar-refractivity contribution in [3.05, 3.63) is 128 Å². The van der Waals surface area contributed by atoms with Gasteiger partial charge in [0.25, 0.3) is 0 Å². The van der Waals surface area contributed by atoms with E-state index in [0.29, 0.717) is 0 Å². The maximum Gasteiger partial charge on any atom is 0.153 e. The number of para-hydroxylation sites is 1. The molecule has 0 bridgehead atoms. The summed E-state index contributed by atoms with van der Waals surface area (Å²) >= 11 is 0. The predicted molar refractivity (Wildman–Crippen MR) is 152 cm³/mol. The second-order valence-corrected chi connectivity index (χ2v) is 9.53. The zero-order valence-electron chi connectivity index (χ0n) is 20.0. The Bertz CT molecular complexity index is 1990. The molecule has 2 nitrogen and oxygen atoms in total. The zero-order valence-corrected chi connectivity index (χ0v) is 20.0. The highest BCUT2D eigenvalue weighted by Gasteiger charge is 2.22. The number of nitrogens with zero attached hydrogens (tertiary/aromatic N) is 1. The number of hydrogen-bond donors (Lipinski definition) is 0. The standard InChI is InChI=1S/C35H21NO/c1-2-10-25-24(9-1)26-11-3-4-13-28(26)30-19-18-22(21-32(30)29-14-6-5-12-27(25)29)23-15-7-16-31-34-33(37-35(23)31)17-8-20-36-34/h1-21H. The van der Waals surface area contributed by atoms with Crippen LogP contribution in [-0.4, -0.2) is 4.98 Å². The first-order valence-electron chi connectivity index (χ1n) is 12.6. The maximum atomic E-state index is 6.34. The molecule has 2 aromatic heterocycles.